The molecule has 2 atom stereocenters. The highest BCUT2D eigenvalue weighted by Gasteiger charge is 2.31. The first-order valence-corrected chi connectivity index (χ1v) is 8.39. The second kappa shape index (κ2) is 8.55. The van der Waals surface area contributed by atoms with Gasteiger partial charge in [0.05, 0.1) is 0 Å². The monoisotopic (exact) mass is 373 g/mol. The molecule has 27 heavy (non-hydrogen) atoms. The van der Waals surface area contributed by atoms with Gasteiger partial charge in [0.1, 0.15) is 23.2 Å². The minimum absolute atomic E-state index is 0.284. The molecular weight excluding hydrogens is 350 g/mol. The van der Waals surface area contributed by atoms with Gasteiger partial charge in [0.25, 0.3) is 0 Å². The summed E-state index contributed by atoms with van der Waals surface area (Å²) < 4.78 is 10.7. The molecule has 0 heterocycles. The number of rotatable bonds is 6. The molecule has 0 aliphatic heterocycles. The number of amides is 1. The third-order valence-corrected chi connectivity index (χ3v) is 3.43. The van der Waals surface area contributed by atoms with Gasteiger partial charge in [-0.05, 0) is 50.6 Å². The fourth-order valence-corrected chi connectivity index (χ4v) is 2.29. The minimum Gasteiger partial charge on any atom is -0.480 e. The van der Waals surface area contributed by atoms with E-state index in [1.54, 1.807) is 51.1 Å². The zero-order chi connectivity index (χ0) is 20.0. The molecule has 0 aromatic heterocycles. The van der Waals surface area contributed by atoms with E-state index in [0.717, 1.165) is 0 Å². The number of carboxylic acids is 1. The highest BCUT2D eigenvalue weighted by Crippen LogP contribution is 2.26. The number of hydrogen-bond donors (Lipinski definition) is 3. The van der Waals surface area contributed by atoms with Crippen LogP contribution in [-0.4, -0.2) is 33.9 Å². The van der Waals surface area contributed by atoms with Gasteiger partial charge in [0.15, 0.2) is 6.04 Å². The van der Waals surface area contributed by atoms with E-state index in [9.17, 15) is 19.8 Å². The average molecular weight is 373 g/mol. The van der Waals surface area contributed by atoms with Crippen LogP contribution in [-0.2, 0) is 9.53 Å². The first-order valence-electron chi connectivity index (χ1n) is 8.39. The van der Waals surface area contributed by atoms with E-state index in [2.05, 4.69) is 5.32 Å². The van der Waals surface area contributed by atoms with Crippen LogP contribution >= 0.6 is 0 Å². The van der Waals surface area contributed by atoms with Crippen LogP contribution in [0, 0.1) is 0 Å². The molecule has 0 saturated heterocycles. The Morgan fingerprint density at radius 2 is 1.63 bits per heavy atom. The Balaban J connectivity index is 2.15. The van der Waals surface area contributed by atoms with Gasteiger partial charge in [-0.25, -0.2) is 9.59 Å². The number of para-hydroxylation sites is 1. The van der Waals surface area contributed by atoms with E-state index in [4.69, 9.17) is 9.47 Å². The third-order valence-electron chi connectivity index (χ3n) is 3.43. The maximum atomic E-state index is 11.9. The number of alkyl carbamates (subject to hydrolysis) is 1. The molecular formula is C20H23NO6. The molecule has 0 fully saturated rings. The average Bonchev–Trinajstić information content (AvgIpc) is 2.58. The predicted molar refractivity (Wildman–Crippen MR) is 98.7 cm³/mol. The second-order valence-corrected chi connectivity index (χ2v) is 6.89. The van der Waals surface area contributed by atoms with Gasteiger partial charge < -0.3 is 25.0 Å². The van der Waals surface area contributed by atoms with E-state index in [1.807, 2.05) is 18.2 Å². The van der Waals surface area contributed by atoms with Crippen LogP contribution in [0.2, 0.25) is 0 Å². The Morgan fingerprint density at radius 3 is 2.22 bits per heavy atom. The van der Waals surface area contributed by atoms with Crippen molar-refractivity contribution in [1.82, 2.24) is 5.32 Å². The van der Waals surface area contributed by atoms with Crippen molar-refractivity contribution in [3.63, 3.8) is 0 Å². The smallest absolute Gasteiger partial charge is 0.408 e. The van der Waals surface area contributed by atoms with E-state index >= 15 is 0 Å². The van der Waals surface area contributed by atoms with Crippen molar-refractivity contribution in [3.05, 3.63) is 60.2 Å². The maximum absolute atomic E-state index is 11.9. The van der Waals surface area contributed by atoms with Crippen LogP contribution in [0.4, 0.5) is 4.79 Å². The van der Waals surface area contributed by atoms with E-state index < -0.39 is 29.8 Å². The number of carboxylic acid groups (broad SMARTS) is 1. The van der Waals surface area contributed by atoms with Gasteiger partial charge in [0.2, 0.25) is 0 Å². The lowest BCUT2D eigenvalue weighted by Crippen LogP contribution is -2.46. The standard InChI is InChI=1S/C20H23NO6/c1-20(2,3)27-19(25)21-16(18(23)24)17(22)13-8-7-11-15(12-13)26-14-9-5-4-6-10-14/h4-12,16-17,22H,1-3H3,(H,21,25)(H,23,24). The molecule has 7 nitrogen and oxygen atoms in total. The number of aliphatic carboxylic acids is 1. The molecule has 0 spiro atoms. The quantitative estimate of drug-likeness (QED) is 0.716. The molecule has 0 aliphatic carbocycles. The van der Waals surface area contributed by atoms with Crippen LogP contribution in [0.15, 0.2) is 54.6 Å². The van der Waals surface area contributed by atoms with Crippen molar-refractivity contribution in [2.75, 3.05) is 0 Å². The summed E-state index contributed by atoms with van der Waals surface area (Å²) in [5, 5.41) is 22.1. The van der Waals surface area contributed by atoms with Crippen molar-refractivity contribution < 1.29 is 29.3 Å². The molecule has 2 rings (SSSR count). The lowest BCUT2D eigenvalue weighted by molar-refractivity contribution is -0.142. The lowest BCUT2D eigenvalue weighted by atomic mass is 10.0. The van der Waals surface area contributed by atoms with Gasteiger partial charge in [-0.2, -0.15) is 0 Å². The van der Waals surface area contributed by atoms with Crippen LogP contribution in [0.25, 0.3) is 0 Å². The molecule has 1 amide bonds. The molecule has 7 heteroatoms. The third kappa shape index (κ3) is 6.31. The number of nitrogens with one attached hydrogen (secondary N) is 1. The van der Waals surface area contributed by atoms with Crippen molar-refractivity contribution >= 4 is 12.1 Å². The van der Waals surface area contributed by atoms with Crippen molar-refractivity contribution in [1.29, 1.82) is 0 Å². The summed E-state index contributed by atoms with van der Waals surface area (Å²) in [6.45, 7) is 4.97. The van der Waals surface area contributed by atoms with Gasteiger partial charge in [-0.3, -0.25) is 0 Å². The molecule has 0 bridgehead atoms. The minimum atomic E-state index is -1.58. The first-order chi connectivity index (χ1) is 12.7. The molecule has 3 N–H and O–H groups in total. The summed E-state index contributed by atoms with van der Waals surface area (Å²) in [7, 11) is 0. The molecule has 0 saturated carbocycles. The predicted octanol–water partition coefficient (Wildman–Crippen LogP) is 3.49. The van der Waals surface area contributed by atoms with Crippen LogP contribution in [0.3, 0.4) is 0 Å². The summed E-state index contributed by atoms with van der Waals surface area (Å²) >= 11 is 0. The van der Waals surface area contributed by atoms with Gasteiger partial charge >= 0.3 is 12.1 Å². The van der Waals surface area contributed by atoms with Crippen molar-refractivity contribution in [2.45, 2.75) is 38.5 Å². The van der Waals surface area contributed by atoms with Crippen LogP contribution in [0.5, 0.6) is 11.5 Å². The zero-order valence-electron chi connectivity index (χ0n) is 15.4. The Labute approximate surface area is 157 Å². The summed E-state index contributed by atoms with van der Waals surface area (Å²) in [5.41, 5.74) is -0.506. The highest BCUT2D eigenvalue weighted by atomic mass is 16.6. The number of hydrogen-bond acceptors (Lipinski definition) is 5. The van der Waals surface area contributed by atoms with Crippen molar-refractivity contribution in [3.8, 4) is 11.5 Å². The second-order valence-electron chi connectivity index (χ2n) is 6.89. The Morgan fingerprint density at radius 1 is 1.00 bits per heavy atom. The fourth-order valence-electron chi connectivity index (χ4n) is 2.29. The number of carbonyl (C=O) groups is 2. The number of aliphatic hydroxyl groups excluding tert-OH is 1. The zero-order valence-corrected chi connectivity index (χ0v) is 15.4. The fraction of sp³-hybridized carbons (Fsp3) is 0.300. The molecule has 144 valence electrons. The highest BCUT2D eigenvalue weighted by molar-refractivity contribution is 5.81. The number of benzene rings is 2. The largest absolute Gasteiger partial charge is 0.480 e. The summed E-state index contributed by atoms with van der Waals surface area (Å²) in [6, 6.07) is 13.8. The summed E-state index contributed by atoms with van der Waals surface area (Å²) in [6.07, 6.45) is -2.42. The maximum Gasteiger partial charge on any atom is 0.408 e. The first kappa shape index (κ1) is 20.3. The van der Waals surface area contributed by atoms with Gasteiger partial charge in [0, 0.05) is 0 Å². The Hall–Kier alpha value is -3.06. The SMILES string of the molecule is CC(C)(C)OC(=O)NC(C(=O)O)C(O)c1cccc(Oc2ccccc2)c1. The van der Waals surface area contributed by atoms with Crippen molar-refractivity contribution in [2.24, 2.45) is 0 Å². The Bertz CT molecular complexity index is 785. The van der Waals surface area contributed by atoms with E-state index in [-0.39, 0.29) is 5.56 Å². The van der Waals surface area contributed by atoms with Gasteiger partial charge in [-0.15, -0.1) is 0 Å². The van der Waals surface area contributed by atoms with Crippen LogP contribution < -0.4 is 10.1 Å². The molecule has 0 radical (unpaired) electrons. The van der Waals surface area contributed by atoms with Gasteiger partial charge in [-0.1, -0.05) is 30.3 Å². The number of aliphatic hydroxyl groups is 1. The molecule has 2 aromatic carbocycles. The topological polar surface area (TPSA) is 105 Å². The van der Waals surface area contributed by atoms with E-state index in [0.29, 0.717) is 11.5 Å². The normalized spacial score (nSPS) is 13.3. The molecule has 2 aromatic rings. The van der Waals surface area contributed by atoms with E-state index in [1.165, 1.54) is 6.07 Å². The molecule has 0 aliphatic rings. The lowest BCUT2D eigenvalue weighted by Gasteiger charge is -2.24. The summed E-state index contributed by atoms with van der Waals surface area (Å²) in [4.78, 5) is 23.4. The summed E-state index contributed by atoms with van der Waals surface area (Å²) in [5.74, 6) is -0.354. The Kier molecular flexibility index (Phi) is 6.41. The number of carbonyl (C=O) groups excluding carboxylic acids is 1. The number of ether oxygens (including phenoxy) is 2. The van der Waals surface area contributed by atoms with Crippen LogP contribution in [0.1, 0.15) is 32.4 Å². The molecule has 2 unspecified atom stereocenters.